The lowest BCUT2D eigenvalue weighted by Gasteiger charge is -2.21. The maximum Gasteiger partial charge on any atom is 0.225 e. The van der Waals surface area contributed by atoms with Crippen LogP contribution in [0.4, 0.5) is 5.95 Å². The van der Waals surface area contributed by atoms with Crippen LogP contribution in [-0.4, -0.2) is 47.8 Å². The zero-order chi connectivity index (χ0) is 13.4. The first kappa shape index (κ1) is 14.7. The second kappa shape index (κ2) is 7.83. The minimum atomic E-state index is 0.175. The molecule has 1 aromatic heterocycles. The van der Waals surface area contributed by atoms with E-state index in [0.29, 0.717) is 32.1 Å². The molecule has 0 amide bonds. The Morgan fingerprint density at radius 2 is 2.17 bits per heavy atom. The fraction of sp³-hybridized carbons (Fsp3) is 0.500. The summed E-state index contributed by atoms with van der Waals surface area (Å²) in [6.45, 7) is 1.74. The molecule has 7 nitrogen and oxygen atoms in total. The number of aromatic nitrogens is 2. The number of methoxy groups -OCH3 is 1. The third kappa shape index (κ3) is 4.84. The zero-order valence-corrected chi connectivity index (χ0v) is 11.7. The van der Waals surface area contributed by atoms with Crippen LogP contribution in [0.2, 0.25) is 0 Å². The first-order valence-corrected chi connectivity index (χ1v) is 6.14. The second-order valence-corrected chi connectivity index (χ2v) is 4.44. The van der Waals surface area contributed by atoms with Crippen molar-refractivity contribution in [2.45, 2.75) is 6.42 Å². The molecule has 0 saturated heterocycles. The Morgan fingerprint density at radius 3 is 2.72 bits per heavy atom. The van der Waals surface area contributed by atoms with E-state index in [4.69, 9.17) is 15.7 Å². The molecular weight excluding hydrogens is 302 g/mol. The van der Waals surface area contributed by atoms with Crippen LogP contribution in [-0.2, 0) is 4.74 Å². The average molecular weight is 318 g/mol. The predicted molar refractivity (Wildman–Crippen MR) is 71.8 cm³/mol. The largest absolute Gasteiger partial charge is 0.409 e. The van der Waals surface area contributed by atoms with Gasteiger partial charge in [0.05, 0.1) is 11.1 Å². The van der Waals surface area contributed by atoms with Gasteiger partial charge in [-0.25, -0.2) is 9.97 Å². The molecule has 100 valence electrons. The summed E-state index contributed by atoms with van der Waals surface area (Å²) in [6.07, 6.45) is 3.77. The van der Waals surface area contributed by atoms with Crippen LogP contribution >= 0.6 is 15.9 Å². The summed E-state index contributed by atoms with van der Waals surface area (Å²) in [5.74, 6) is 0.760. The third-order valence-corrected chi connectivity index (χ3v) is 2.63. The van der Waals surface area contributed by atoms with Crippen LogP contribution in [0.25, 0.3) is 0 Å². The van der Waals surface area contributed by atoms with Crippen LogP contribution in [0, 0.1) is 0 Å². The van der Waals surface area contributed by atoms with Gasteiger partial charge >= 0.3 is 0 Å². The first-order valence-electron chi connectivity index (χ1n) is 5.35. The van der Waals surface area contributed by atoms with Gasteiger partial charge in [0.2, 0.25) is 5.95 Å². The molecule has 0 aromatic carbocycles. The number of amidine groups is 1. The number of hydrogen-bond donors (Lipinski definition) is 2. The van der Waals surface area contributed by atoms with Crippen LogP contribution in [0.3, 0.4) is 0 Å². The highest BCUT2D eigenvalue weighted by molar-refractivity contribution is 9.10. The van der Waals surface area contributed by atoms with Crippen molar-refractivity contribution in [1.29, 1.82) is 0 Å². The van der Waals surface area contributed by atoms with E-state index in [9.17, 15) is 0 Å². The SMILES string of the molecule is COCCN(CCC(N)=NO)c1ncc(Br)cn1. The van der Waals surface area contributed by atoms with Crippen molar-refractivity contribution in [3.63, 3.8) is 0 Å². The summed E-state index contributed by atoms with van der Waals surface area (Å²) < 4.78 is 5.85. The quantitative estimate of drug-likeness (QED) is 0.334. The number of nitrogens with zero attached hydrogens (tertiary/aromatic N) is 4. The number of ether oxygens (including phenoxy) is 1. The van der Waals surface area contributed by atoms with Crippen molar-refractivity contribution in [3.8, 4) is 0 Å². The summed E-state index contributed by atoms with van der Waals surface area (Å²) in [4.78, 5) is 10.3. The molecule has 0 saturated carbocycles. The summed E-state index contributed by atoms with van der Waals surface area (Å²) >= 11 is 3.28. The van der Waals surface area contributed by atoms with Crippen molar-refractivity contribution < 1.29 is 9.94 Å². The standard InChI is InChI=1S/C10H16BrN5O2/c1-18-5-4-16(3-2-9(12)15-17)10-13-6-8(11)7-14-10/h6-7,17H,2-5H2,1H3,(H2,12,15). The van der Waals surface area contributed by atoms with Crippen LogP contribution in [0.15, 0.2) is 22.0 Å². The Balaban J connectivity index is 2.67. The van der Waals surface area contributed by atoms with Gasteiger partial charge in [-0.05, 0) is 15.9 Å². The molecule has 0 bridgehead atoms. The Bertz CT molecular complexity index is 384. The highest BCUT2D eigenvalue weighted by Gasteiger charge is 2.10. The number of rotatable bonds is 7. The molecule has 0 spiro atoms. The highest BCUT2D eigenvalue weighted by atomic mass is 79.9. The smallest absolute Gasteiger partial charge is 0.225 e. The molecule has 8 heteroatoms. The summed E-state index contributed by atoms with van der Waals surface area (Å²) in [5, 5.41) is 11.4. The molecule has 0 aliphatic heterocycles. The third-order valence-electron chi connectivity index (χ3n) is 2.22. The summed E-state index contributed by atoms with van der Waals surface area (Å²) in [7, 11) is 1.63. The Hall–Kier alpha value is -1.41. The fourth-order valence-corrected chi connectivity index (χ4v) is 1.49. The lowest BCUT2D eigenvalue weighted by atomic mass is 10.3. The number of halogens is 1. The van der Waals surface area contributed by atoms with Gasteiger partial charge in [0.15, 0.2) is 0 Å². The molecule has 0 atom stereocenters. The van der Waals surface area contributed by atoms with Crippen molar-refractivity contribution in [2.75, 3.05) is 31.7 Å². The number of anilines is 1. The minimum absolute atomic E-state index is 0.175. The van der Waals surface area contributed by atoms with Gasteiger partial charge < -0.3 is 20.6 Å². The van der Waals surface area contributed by atoms with Crippen molar-refractivity contribution in [1.82, 2.24) is 9.97 Å². The molecule has 1 heterocycles. The van der Waals surface area contributed by atoms with E-state index in [1.54, 1.807) is 19.5 Å². The van der Waals surface area contributed by atoms with Crippen molar-refractivity contribution in [3.05, 3.63) is 16.9 Å². The van der Waals surface area contributed by atoms with Gasteiger partial charge in [-0.3, -0.25) is 0 Å². The average Bonchev–Trinajstić information content (AvgIpc) is 2.40. The molecule has 0 unspecified atom stereocenters. The van der Waals surface area contributed by atoms with Crippen molar-refractivity contribution >= 4 is 27.7 Å². The Morgan fingerprint density at radius 1 is 1.50 bits per heavy atom. The van der Waals surface area contributed by atoms with Crippen LogP contribution in [0.1, 0.15) is 6.42 Å². The van der Waals surface area contributed by atoms with Crippen molar-refractivity contribution in [2.24, 2.45) is 10.9 Å². The lowest BCUT2D eigenvalue weighted by molar-refractivity contribution is 0.205. The molecule has 0 radical (unpaired) electrons. The molecular formula is C10H16BrN5O2. The number of nitrogens with two attached hydrogens (primary N) is 1. The van der Waals surface area contributed by atoms with E-state index in [1.165, 1.54) is 0 Å². The van der Waals surface area contributed by atoms with Gasteiger partial charge in [0.25, 0.3) is 0 Å². The monoisotopic (exact) mass is 317 g/mol. The normalized spacial score (nSPS) is 11.6. The van der Waals surface area contributed by atoms with Crippen LogP contribution in [0.5, 0.6) is 0 Å². The predicted octanol–water partition coefficient (Wildman–Crippen LogP) is 0.828. The summed E-state index contributed by atoms with van der Waals surface area (Å²) in [5.41, 5.74) is 5.45. The van der Waals surface area contributed by atoms with E-state index >= 15 is 0 Å². The molecule has 1 rings (SSSR count). The molecule has 0 fully saturated rings. The van der Waals surface area contributed by atoms with Gasteiger partial charge in [0.1, 0.15) is 5.84 Å². The molecule has 3 N–H and O–H groups in total. The topological polar surface area (TPSA) is 96.9 Å². The molecule has 0 aliphatic rings. The lowest BCUT2D eigenvalue weighted by Crippen LogP contribution is -2.32. The van der Waals surface area contributed by atoms with Gasteiger partial charge in [-0.1, -0.05) is 5.16 Å². The van der Waals surface area contributed by atoms with Crippen LogP contribution < -0.4 is 10.6 Å². The highest BCUT2D eigenvalue weighted by Crippen LogP contribution is 2.11. The maximum atomic E-state index is 8.51. The van der Waals surface area contributed by atoms with Gasteiger partial charge in [-0.2, -0.15) is 0 Å². The molecule has 0 aliphatic carbocycles. The Kier molecular flexibility index (Phi) is 6.37. The second-order valence-electron chi connectivity index (χ2n) is 3.52. The van der Waals surface area contributed by atoms with E-state index in [2.05, 4.69) is 31.1 Å². The van der Waals surface area contributed by atoms with E-state index < -0.39 is 0 Å². The fourth-order valence-electron chi connectivity index (χ4n) is 1.28. The number of oxime groups is 1. The zero-order valence-electron chi connectivity index (χ0n) is 10.1. The molecule has 1 aromatic rings. The van der Waals surface area contributed by atoms with Gasteiger partial charge in [-0.15, -0.1) is 0 Å². The van der Waals surface area contributed by atoms with E-state index in [0.717, 1.165) is 4.47 Å². The summed E-state index contributed by atoms with van der Waals surface area (Å²) in [6, 6.07) is 0. The first-order chi connectivity index (χ1) is 8.67. The Labute approximate surface area is 114 Å². The van der Waals surface area contributed by atoms with E-state index in [-0.39, 0.29) is 5.84 Å². The molecule has 18 heavy (non-hydrogen) atoms. The number of hydrogen-bond acceptors (Lipinski definition) is 6. The minimum Gasteiger partial charge on any atom is -0.409 e. The maximum absolute atomic E-state index is 8.51. The van der Waals surface area contributed by atoms with E-state index in [1.807, 2.05) is 4.90 Å². The van der Waals surface area contributed by atoms with Gasteiger partial charge in [0, 0.05) is 39.0 Å².